The summed E-state index contributed by atoms with van der Waals surface area (Å²) in [7, 11) is 4.22. The van der Waals surface area contributed by atoms with Gasteiger partial charge in [0.05, 0.1) is 0 Å². The van der Waals surface area contributed by atoms with Gasteiger partial charge in [-0.05, 0) is 32.6 Å². The summed E-state index contributed by atoms with van der Waals surface area (Å²) >= 11 is 1.90. The molecule has 0 aliphatic rings. The first-order valence-corrected chi connectivity index (χ1v) is 5.86. The number of hydrogen-bond acceptors (Lipinski definition) is 2. The van der Waals surface area contributed by atoms with Gasteiger partial charge in [-0.2, -0.15) is 0 Å². The molecule has 1 nitrogen and oxygen atoms in total. The van der Waals surface area contributed by atoms with E-state index < -0.39 is 0 Å². The van der Waals surface area contributed by atoms with Gasteiger partial charge < -0.3 is 4.90 Å². The molecule has 0 N–H and O–H groups in total. The van der Waals surface area contributed by atoms with Crippen molar-refractivity contribution in [1.82, 2.24) is 4.90 Å². The van der Waals surface area contributed by atoms with Crippen LogP contribution in [0.5, 0.6) is 0 Å². The smallest absolute Gasteiger partial charge is 0.0183 e. The highest BCUT2D eigenvalue weighted by Gasteiger charge is 2.08. The SMILES string of the molecule is [CH2]CC(CSc1ccccc1)N(C)C. The Balaban J connectivity index is 2.40. The molecule has 1 atom stereocenters. The van der Waals surface area contributed by atoms with E-state index in [2.05, 4.69) is 56.3 Å². The van der Waals surface area contributed by atoms with Crippen LogP contribution in [0.3, 0.4) is 0 Å². The van der Waals surface area contributed by atoms with Crippen molar-refractivity contribution < 1.29 is 0 Å². The minimum atomic E-state index is 0.570. The highest BCUT2D eigenvalue weighted by molar-refractivity contribution is 7.99. The molecule has 0 heterocycles. The van der Waals surface area contributed by atoms with Crippen molar-refractivity contribution in [3.63, 3.8) is 0 Å². The van der Waals surface area contributed by atoms with Crippen molar-refractivity contribution in [1.29, 1.82) is 0 Å². The predicted molar refractivity (Wildman–Crippen MR) is 64.6 cm³/mol. The molecule has 1 aromatic rings. The van der Waals surface area contributed by atoms with Crippen LogP contribution in [-0.4, -0.2) is 30.8 Å². The molecular weight excluding hydrogens is 190 g/mol. The number of rotatable bonds is 5. The van der Waals surface area contributed by atoms with E-state index in [9.17, 15) is 0 Å². The van der Waals surface area contributed by atoms with Gasteiger partial charge in [0.1, 0.15) is 0 Å². The quantitative estimate of drug-likeness (QED) is 0.684. The minimum absolute atomic E-state index is 0.570. The second-order valence-electron chi connectivity index (χ2n) is 3.53. The van der Waals surface area contributed by atoms with E-state index in [1.165, 1.54) is 4.90 Å². The predicted octanol–water partition coefficient (Wildman–Crippen LogP) is 2.93. The van der Waals surface area contributed by atoms with Gasteiger partial charge in [-0.15, -0.1) is 11.8 Å². The molecule has 1 unspecified atom stereocenters. The molecule has 14 heavy (non-hydrogen) atoms. The lowest BCUT2D eigenvalue weighted by Crippen LogP contribution is -2.29. The fourth-order valence-corrected chi connectivity index (χ4v) is 2.40. The van der Waals surface area contributed by atoms with Crippen molar-refractivity contribution in [2.24, 2.45) is 0 Å². The first-order chi connectivity index (χ1) is 6.74. The molecule has 0 amide bonds. The number of benzene rings is 1. The number of thioether (sulfide) groups is 1. The van der Waals surface area contributed by atoms with Crippen molar-refractivity contribution in [3.8, 4) is 0 Å². The molecule has 1 radical (unpaired) electrons. The summed E-state index contributed by atoms with van der Waals surface area (Å²) in [5, 5.41) is 0. The summed E-state index contributed by atoms with van der Waals surface area (Å²) in [4.78, 5) is 3.58. The van der Waals surface area contributed by atoms with Crippen molar-refractivity contribution in [2.45, 2.75) is 17.4 Å². The molecule has 1 rings (SSSR count). The Labute approximate surface area is 91.5 Å². The maximum atomic E-state index is 3.96. The van der Waals surface area contributed by atoms with Crippen LogP contribution in [-0.2, 0) is 0 Å². The third kappa shape index (κ3) is 3.72. The van der Waals surface area contributed by atoms with Crippen LogP contribution in [0.4, 0.5) is 0 Å². The van der Waals surface area contributed by atoms with Gasteiger partial charge in [-0.1, -0.05) is 25.1 Å². The fourth-order valence-electron chi connectivity index (χ4n) is 1.20. The van der Waals surface area contributed by atoms with Crippen LogP contribution in [0, 0.1) is 6.92 Å². The lowest BCUT2D eigenvalue weighted by molar-refractivity contribution is 0.320. The standard InChI is InChI=1S/C12H18NS/c1-4-11(13(2)3)10-14-12-8-6-5-7-9-12/h5-9,11H,1,4,10H2,2-3H3. The summed E-state index contributed by atoms with van der Waals surface area (Å²) in [5.41, 5.74) is 0. The van der Waals surface area contributed by atoms with Gasteiger partial charge in [-0.25, -0.2) is 0 Å². The Kier molecular flexibility index (Phi) is 5.05. The van der Waals surface area contributed by atoms with Crippen LogP contribution >= 0.6 is 11.8 Å². The van der Waals surface area contributed by atoms with Crippen molar-refractivity contribution in [2.75, 3.05) is 19.8 Å². The molecule has 0 aliphatic heterocycles. The second-order valence-corrected chi connectivity index (χ2v) is 4.62. The summed E-state index contributed by atoms with van der Waals surface area (Å²) < 4.78 is 0. The maximum absolute atomic E-state index is 3.96. The van der Waals surface area contributed by atoms with Gasteiger partial charge >= 0.3 is 0 Å². The summed E-state index contributed by atoms with van der Waals surface area (Å²) in [6, 6.07) is 11.1. The molecule has 0 fully saturated rings. The highest BCUT2D eigenvalue weighted by atomic mass is 32.2. The summed E-state index contributed by atoms with van der Waals surface area (Å²) in [6.07, 6.45) is 0.965. The fraction of sp³-hybridized carbons (Fsp3) is 0.417. The Bertz CT molecular complexity index is 246. The molecule has 0 aromatic heterocycles. The van der Waals surface area contributed by atoms with Gasteiger partial charge in [0, 0.05) is 16.7 Å². The van der Waals surface area contributed by atoms with Gasteiger partial charge in [0.15, 0.2) is 0 Å². The third-order valence-corrected chi connectivity index (χ3v) is 3.41. The second kappa shape index (κ2) is 6.10. The first kappa shape index (κ1) is 11.6. The molecule has 0 saturated heterocycles. The number of hydrogen-bond donors (Lipinski definition) is 0. The number of nitrogens with zero attached hydrogens (tertiary/aromatic N) is 1. The van der Waals surface area contributed by atoms with E-state index in [4.69, 9.17) is 0 Å². The zero-order chi connectivity index (χ0) is 10.4. The molecule has 0 saturated carbocycles. The van der Waals surface area contributed by atoms with Crippen LogP contribution in [0.2, 0.25) is 0 Å². The highest BCUT2D eigenvalue weighted by Crippen LogP contribution is 2.19. The largest absolute Gasteiger partial charge is 0.306 e. The molecular formula is C12H18NS. The van der Waals surface area contributed by atoms with E-state index in [0.29, 0.717) is 6.04 Å². The Hall–Kier alpha value is -0.470. The Morgan fingerprint density at radius 3 is 2.43 bits per heavy atom. The molecule has 0 spiro atoms. The van der Waals surface area contributed by atoms with E-state index in [1.807, 2.05) is 11.8 Å². The van der Waals surface area contributed by atoms with Crippen LogP contribution < -0.4 is 0 Å². The van der Waals surface area contributed by atoms with E-state index in [-0.39, 0.29) is 0 Å². The van der Waals surface area contributed by atoms with Crippen LogP contribution in [0.25, 0.3) is 0 Å². The Morgan fingerprint density at radius 2 is 1.93 bits per heavy atom. The molecule has 2 heteroatoms. The first-order valence-electron chi connectivity index (χ1n) is 4.87. The van der Waals surface area contributed by atoms with E-state index >= 15 is 0 Å². The summed E-state index contributed by atoms with van der Waals surface area (Å²) in [6.45, 7) is 3.96. The van der Waals surface area contributed by atoms with Crippen molar-refractivity contribution in [3.05, 3.63) is 37.3 Å². The lowest BCUT2D eigenvalue weighted by atomic mass is 10.2. The van der Waals surface area contributed by atoms with Gasteiger partial charge in [-0.3, -0.25) is 0 Å². The minimum Gasteiger partial charge on any atom is -0.306 e. The summed E-state index contributed by atoms with van der Waals surface area (Å²) in [5.74, 6) is 1.11. The van der Waals surface area contributed by atoms with Crippen LogP contribution in [0.1, 0.15) is 6.42 Å². The van der Waals surface area contributed by atoms with E-state index in [1.54, 1.807) is 0 Å². The van der Waals surface area contributed by atoms with Crippen LogP contribution in [0.15, 0.2) is 35.2 Å². The zero-order valence-corrected chi connectivity index (χ0v) is 9.76. The average molecular weight is 208 g/mol. The molecule has 77 valence electrons. The third-order valence-electron chi connectivity index (χ3n) is 2.25. The monoisotopic (exact) mass is 208 g/mol. The van der Waals surface area contributed by atoms with E-state index in [0.717, 1.165) is 12.2 Å². The van der Waals surface area contributed by atoms with Gasteiger partial charge in [0.2, 0.25) is 0 Å². The normalized spacial score (nSPS) is 13.1. The lowest BCUT2D eigenvalue weighted by Gasteiger charge is -2.22. The molecule has 1 aromatic carbocycles. The van der Waals surface area contributed by atoms with Gasteiger partial charge in [0.25, 0.3) is 0 Å². The zero-order valence-electron chi connectivity index (χ0n) is 8.94. The Morgan fingerprint density at radius 1 is 1.29 bits per heavy atom. The molecule has 0 aliphatic carbocycles. The topological polar surface area (TPSA) is 3.24 Å². The average Bonchev–Trinajstić information content (AvgIpc) is 2.20. The molecule has 0 bridgehead atoms. The van der Waals surface area contributed by atoms with Crippen molar-refractivity contribution >= 4 is 11.8 Å². The maximum Gasteiger partial charge on any atom is 0.0183 e.